The van der Waals surface area contributed by atoms with Crippen molar-refractivity contribution in [1.82, 2.24) is 14.3 Å². The summed E-state index contributed by atoms with van der Waals surface area (Å²) in [5, 5.41) is 3.15. The van der Waals surface area contributed by atoms with Gasteiger partial charge < -0.3 is 10.1 Å². The molecule has 0 saturated heterocycles. The van der Waals surface area contributed by atoms with Gasteiger partial charge in [0.05, 0.1) is 6.61 Å². The summed E-state index contributed by atoms with van der Waals surface area (Å²) < 4.78 is 32.3. The molecule has 0 radical (unpaired) electrons. The lowest BCUT2D eigenvalue weighted by atomic mass is 10.4. The van der Waals surface area contributed by atoms with Crippen molar-refractivity contribution in [2.24, 2.45) is 0 Å². The Morgan fingerprint density at radius 1 is 1.24 bits per heavy atom. The zero-order valence-corrected chi connectivity index (χ0v) is 11.8. The molecule has 7 heteroatoms. The maximum atomic E-state index is 11.7. The van der Waals surface area contributed by atoms with Crippen molar-refractivity contribution in [1.29, 1.82) is 0 Å². The lowest BCUT2D eigenvalue weighted by Crippen LogP contribution is -2.40. The molecule has 0 aliphatic carbocycles. The predicted octanol–water partition coefficient (Wildman–Crippen LogP) is -0.211. The van der Waals surface area contributed by atoms with E-state index >= 15 is 0 Å². The first-order valence-electron chi connectivity index (χ1n) is 6.04. The van der Waals surface area contributed by atoms with Crippen LogP contribution >= 0.6 is 0 Å². The smallest absolute Gasteiger partial charge is 0.279 e. The molecule has 0 aliphatic rings. The van der Waals surface area contributed by atoms with E-state index in [2.05, 4.69) is 10.0 Å². The van der Waals surface area contributed by atoms with Crippen LogP contribution in [0, 0.1) is 0 Å². The monoisotopic (exact) mass is 267 g/mol. The summed E-state index contributed by atoms with van der Waals surface area (Å²) >= 11 is 0. The van der Waals surface area contributed by atoms with Gasteiger partial charge in [-0.2, -0.15) is 17.4 Å². The van der Waals surface area contributed by atoms with Crippen molar-refractivity contribution in [3.05, 3.63) is 0 Å². The second kappa shape index (κ2) is 9.78. The minimum atomic E-state index is -3.35. The summed E-state index contributed by atoms with van der Waals surface area (Å²) in [5.41, 5.74) is 0. The summed E-state index contributed by atoms with van der Waals surface area (Å²) in [6, 6.07) is 0. The molecule has 0 unspecified atom stereocenters. The quantitative estimate of drug-likeness (QED) is 0.508. The lowest BCUT2D eigenvalue weighted by molar-refractivity contribution is 0.152. The third kappa shape index (κ3) is 8.50. The van der Waals surface area contributed by atoms with Gasteiger partial charge in [0.15, 0.2) is 0 Å². The Hall–Kier alpha value is -0.210. The number of rotatable bonds is 11. The fourth-order valence-electron chi connectivity index (χ4n) is 1.22. The van der Waals surface area contributed by atoms with Gasteiger partial charge in [-0.3, -0.25) is 0 Å². The molecule has 6 nitrogen and oxygen atoms in total. The van der Waals surface area contributed by atoms with Gasteiger partial charge in [0.2, 0.25) is 0 Å². The van der Waals surface area contributed by atoms with Crippen molar-refractivity contribution in [2.45, 2.75) is 20.3 Å². The van der Waals surface area contributed by atoms with E-state index in [1.807, 2.05) is 13.8 Å². The van der Waals surface area contributed by atoms with Crippen LogP contribution in [0.25, 0.3) is 0 Å². The molecular formula is C10H25N3O3S. The number of hydrogen-bond donors (Lipinski definition) is 2. The maximum Gasteiger partial charge on any atom is 0.279 e. The van der Waals surface area contributed by atoms with E-state index in [1.54, 1.807) is 7.05 Å². The molecule has 0 aromatic carbocycles. The van der Waals surface area contributed by atoms with E-state index in [0.717, 1.165) is 19.5 Å². The van der Waals surface area contributed by atoms with Crippen LogP contribution < -0.4 is 10.0 Å². The van der Waals surface area contributed by atoms with Gasteiger partial charge in [-0.05, 0) is 26.4 Å². The summed E-state index contributed by atoms with van der Waals surface area (Å²) in [5.74, 6) is 0. The molecule has 0 saturated carbocycles. The van der Waals surface area contributed by atoms with Crippen LogP contribution in [-0.4, -0.2) is 59.2 Å². The Bertz CT molecular complexity index is 270. The summed E-state index contributed by atoms with van der Waals surface area (Å²) in [7, 11) is -1.77. The Morgan fingerprint density at radius 3 is 2.53 bits per heavy atom. The van der Waals surface area contributed by atoms with Gasteiger partial charge in [0, 0.05) is 26.7 Å². The predicted molar refractivity (Wildman–Crippen MR) is 69.2 cm³/mol. The molecule has 0 aliphatic heterocycles. The average molecular weight is 267 g/mol. The maximum absolute atomic E-state index is 11.7. The van der Waals surface area contributed by atoms with E-state index in [-0.39, 0.29) is 0 Å². The van der Waals surface area contributed by atoms with E-state index < -0.39 is 10.2 Å². The molecule has 0 aromatic rings. The van der Waals surface area contributed by atoms with E-state index in [1.165, 1.54) is 4.31 Å². The Kier molecular flexibility index (Phi) is 9.66. The molecule has 0 bridgehead atoms. The average Bonchev–Trinajstić information content (AvgIpc) is 2.30. The first kappa shape index (κ1) is 16.8. The van der Waals surface area contributed by atoms with Crippen molar-refractivity contribution in [3.8, 4) is 0 Å². The zero-order chi connectivity index (χ0) is 13.1. The third-order valence-electron chi connectivity index (χ3n) is 2.22. The van der Waals surface area contributed by atoms with Gasteiger partial charge in [0.25, 0.3) is 10.2 Å². The first-order valence-corrected chi connectivity index (χ1v) is 7.48. The zero-order valence-electron chi connectivity index (χ0n) is 11.0. The molecule has 0 fully saturated rings. The highest BCUT2D eigenvalue weighted by Gasteiger charge is 2.15. The second-order valence-electron chi connectivity index (χ2n) is 3.62. The molecule has 0 amide bonds. The van der Waals surface area contributed by atoms with Crippen LogP contribution in [0.2, 0.25) is 0 Å². The van der Waals surface area contributed by atoms with Crippen molar-refractivity contribution >= 4 is 10.2 Å². The highest BCUT2D eigenvalue weighted by molar-refractivity contribution is 7.87. The molecule has 0 atom stereocenters. The van der Waals surface area contributed by atoms with Gasteiger partial charge in [-0.1, -0.05) is 6.92 Å². The Labute approximate surface area is 105 Å². The molecular weight excluding hydrogens is 242 g/mol. The van der Waals surface area contributed by atoms with Crippen LogP contribution in [0.5, 0.6) is 0 Å². The minimum Gasteiger partial charge on any atom is -0.380 e. The topological polar surface area (TPSA) is 70.7 Å². The molecule has 0 rings (SSSR count). The van der Waals surface area contributed by atoms with Crippen LogP contribution in [0.1, 0.15) is 20.3 Å². The number of hydrogen-bond acceptors (Lipinski definition) is 4. The first-order chi connectivity index (χ1) is 8.04. The van der Waals surface area contributed by atoms with Crippen molar-refractivity contribution in [3.63, 3.8) is 0 Å². The SMILES string of the molecule is CCNCCCN(C)S(=O)(=O)NCCOCC. The standard InChI is InChI=1S/C10H25N3O3S/c1-4-11-7-6-9-13(3)17(14,15)12-8-10-16-5-2/h11-12H,4-10H2,1-3H3. The minimum absolute atomic E-state index is 0.313. The normalized spacial score (nSPS) is 12.2. The Balaban J connectivity index is 3.78. The van der Waals surface area contributed by atoms with Gasteiger partial charge in [-0.25, -0.2) is 0 Å². The second-order valence-corrected chi connectivity index (χ2v) is 5.49. The summed E-state index contributed by atoms with van der Waals surface area (Å²) in [4.78, 5) is 0. The molecule has 17 heavy (non-hydrogen) atoms. The fourth-order valence-corrected chi connectivity index (χ4v) is 2.15. The Morgan fingerprint density at radius 2 is 1.94 bits per heavy atom. The number of nitrogens with zero attached hydrogens (tertiary/aromatic N) is 1. The highest BCUT2D eigenvalue weighted by atomic mass is 32.2. The summed E-state index contributed by atoms with van der Waals surface area (Å²) in [6.45, 7) is 7.46. The van der Waals surface area contributed by atoms with E-state index in [0.29, 0.717) is 26.3 Å². The van der Waals surface area contributed by atoms with Crippen LogP contribution in [-0.2, 0) is 14.9 Å². The van der Waals surface area contributed by atoms with Crippen LogP contribution in [0.15, 0.2) is 0 Å². The molecule has 0 spiro atoms. The van der Waals surface area contributed by atoms with Gasteiger partial charge >= 0.3 is 0 Å². The fraction of sp³-hybridized carbons (Fsp3) is 1.00. The van der Waals surface area contributed by atoms with Crippen molar-refractivity contribution < 1.29 is 13.2 Å². The van der Waals surface area contributed by atoms with Crippen LogP contribution in [0.4, 0.5) is 0 Å². The molecule has 2 N–H and O–H groups in total. The lowest BCUT2D eigenvalue weighted by Gasteiger charge is -2.17. The van der Waals surface area contributed by atoms with E-state index in [9.17, 15) is 8.42 Å². The van der Waals surface area contributed by atoms with Crippen LogP contribution in [0.3, 0.4) is 0 Å². The largest absolute Gasteiger partial charge is 0.380 e. The van der Waals surface area contributed by atoms with E-state index in [4.69, 9.17) is 4.74 Å². The molecule has 0 heterocycles. The molecule has 104 valence electrons. The third-order valence-corrected chi connectivity index (χ3v) is 3.79. The number of nitrogens with one attached hydrogen (secondary N) is 2. The van der Waals surface area contributed by atoms with Gasteiger partial charge in [0.1, 0.15) is 0 Å². The number of ether oxygens (including phenoxy) is 1. The summed E-state index contributed by atoms with van der Waals surface area (Å²) in [6.07, 6.45) is 0.802. The van der Waals surface area contributed by atoms with Crippen molar-refractivity contribution in [2.75, 3.05) is 46.4 Å². The highest BCUT2D eigenvalue weighted by Crippen LogP contribution is 1.94. The molecule has 0 aromatic heterocycles. The van der Waals surface area contributed by atoms with Gasteiger partial charge in [-0.15, -0.1) is 0 Å².